The van der Waals surface area contributed by atoms with Gasteiger partial charge in [-0.1, -0.05) is 81.0 Å². The highest BCUT2D eigenvalue weighted by Gasteiger charge is 1.96. The van der Waals surface area contributed by atoms with Crippen LogP contribution < -0.4 is 0 Å². The van der Waals surface area contributed by atoms with E-state index in [2.05, 4.69) is 0 Å². The van der Waals surface area contributed by atoms with Crippen LogP contribution in [0.15, 0.2) is 54.6 Å². The van der Waals surface area contributed by atoms with Crippen molar-refractivity contribution in [2.45, 2.75) is 38.5 Å². The Balaban J connectivity index is 0.000000186. The second-order valence-electron chi connectivity index (χ2n) is 5.03. The maximum absolute atomic E-state index is 9.10. The quantitative estimate of drug-likeness (QED) is 0.722. The molecule has 0 amide bonds. The first-order chi connectivity index (χ1) is 9.36. The van der Waals surface area contributed by atoms with Gasteiger partial charge < -0.3 is 5.11 Å². The van der Waals surface area contributed by atoms with Crippen molar-refractivity contribution in [2.24, 2.45) is 0 Å². The Morgan fingerprint density at radius 1 is 0.526 bits per heavy atom. The van der Waals surface area contributed by atoms with Crippen LogP contribution >= 0.6 is 0 Å². The van der Waals surface area contributed by atoms with E-state index in [0.29, 0.717) is 5.75 Å². The molecule has 0 aromatic heterocycles. The van der Waals surface area contributed by atoms with Crippen LogP contribution in [0.5, 0.6) is 5.75 Å². The van der Waals surface area contributed by atoms with Crippen molar-refractivity contribution in [3.63, 3.8) is 0 Å². The maximum atomic E-state index is 9.10. The molecule has 1 fully saturated rings. The summed E-state index contributed by atoms with van der Waals surface area (Å²) in [6.45, 7) is 0. The van der Waals surface area contributed by atoms with E-state index in [9.17, 15) is 0 Å². The monoisotopic (exact) mass is 254 g/mol. The van der Waals surface area contributed by atoms with Crippen LogP contribution in [0.3, 0.4) is 0 Å². The van der Waals surface area contributed by atoms with Crippen molar-refractivity contribution >= 4 is 0 Å². The number of rotatable bonds is 1. The Morgan fingerprint density at radius 3 is 1.42 bits per heavy atom. The fourth-order valence-corrected chi connectivity index (χ4v) is 2.35. The summed E-state index contributed by atoms with van der Waals surface area (Å²) < 4.78 is 0. The number of hydrogen-bond donors (Lipinski definition) is 1. The molecule has 100 valence electrons. The zero-order valence-electron chi connectivity index (χ0n) is 11.4. The molecule has 1 saturated carbocycles. The average molecular weight is 254 g/mol. The maximum Gasteiger partial charge on any atom is 0.115 e. The van der Waals surface area contributed by atoms with Crippen LogP contribution in [-0.2, 0) is 0 Å². The predicted molar refractivity (Wildman–Crippen MR) is 81.2 cm³/mol. The summed E-state index contributed by atoms with van der Waals surface area (Å²) in [6, 6.07) is 17.3. The van der Waals surface area contributed by atoms with Crippen molar-refractivity contribution in [3.05, 3.63) is 54.6 Å². The molecule has 1 aliphatic rings. The molecule has 1 heteroatoms. The minimum atomic E-state index is 0.305. The van der Waals surface area contributed by atoms with Crippen LogP contribution in [0, 0.1) is 0 Å². The van der Waals surface area contributed by atoms with Gasteiger partial charge in [-0.2, -0.15) is 0 Å². The van der Waals surface area contributed by atoms with Gasteiger partial charge in [-0.05, 0) is 23.3 Å². The molecule has 3 rings (SSSR count). The Kier molecular flexibility index (Phi) is 5.49. The van der Waals surface area contributed by atoms with E-state index in [0.717, 1.165) is 5.56 Å². The Labute approximate surface area is 115 Å². The first kappa shape index (κ1) is 13.7. The van der Waals surface area contributed by atoms with E-state index in [1.807, 2.05) is 42.5 Å². The molecule has 1 nitrogen and oxygen atoms in total. The minimum absolute atomic E-state index is 0.305. The van der Waals surface area contributed by atoms with Crippen molar-refractivity contribution in [1.82, 2.24) is 0 Å². The van der Waals surface area contributed by atoms with Crippen LogP contribution in [0.25, 0.3) is 11.1 Å². The molecule has 19 heavy (non-hydrogen) atoms. The lowest BCUT2D eigenvalue weighted by atomic mass is 10.0. The summed E-state index contributed by atoms with van der Waals surface area (Å²) in [4.78, 5) is 0. The van der Waals surface area contributed by atoms with Crippen LogP contribution in [0.1, 0.15) is 38.5 Å². The second-order valence-corrected chi connectivity index (χ2v) is 5.03. The van der Waals surface area contributed by atoms with Gasteiger partial charge in [0.1, 0.15) is 5.75 Å². The van der Waals surface area contributed by atoms with Gasteiger partial charge in [0.15, 0.2) is 0 Å². The molecule has 0 spiro atoms. The van der Waals surface area contributed by atoms with Gasteiger partial charge in [0.2, 0.25) is 0 Å². The SMILES string of the molecule is C1CCCCC1.Oc1ccc(-c2ccccc2)cc1. The zero-order chi connectivity index (χ0) is 13.3. The largest absolute Gasteiger partial charge is 0.508 e. The summed E-state index contributed by atoms with van der Waals surface area (Å²) in [5.74, 6) is 0.305. The molecule has 0 unspecified atom stereocenters. The molecule has 2 aromatic carbocycles. The number of phenols is 1. The van der Waals surface area contributed by atoms with Crippen molar-refractivity contribution in [1.29, 1.82) is 0 Å². The summed E-state index contributed by atoms with van der Waals surface area (Å²) >= 11 is 0. The van der Waals surface area contributed by atoms with E-state index in [1.54, 1.807) is 12.1 Å². The third-order valence-corrected chi connectivity index (χ3v) is 3.47. The fraction of sp³-hybridized carbons (Fsp3) is 0.333. The van der Waals surface area contributed by atoms with E-state index < -0.39 is 0 Å². The van der Waals surface area contributed by atoms with Gasteiger partial charge in [-0.25, -0.2) is 0 Å². The summed E-state index contributed by atoms with van der Waals surface area (Å²) in [6.07, 6.45) is 9.00. The number of aromatic hydroxyl groups is 1. The lowest BCUT2D eigenvalue weighted by Crippen LogP contribution is -1.85. The Hall–Kier alpha value is -1.76. The minimum Gasteiger partial charge on any atom is -0.508 e. The third kappa shape index (κ3) is 4.78. The molecule has 0 radical (unpaired) electrons. The van der Waals surface area contributed by atoms with E-state index in [4.69, 9.17) is 5.11 Å². The summed E-state index contributed by atoms with van der Waals surface area (Å²) in [5, 5.41) is 9.10. The molecule has 2 aromatic rings. The Bertz CT molecular complexity index is 443. The lowest BCUT2D eigenvalue weighted by molar-refractivity contribution is 0.475. The molecule has 0 atom stereocenters. The molecule has 1 aliphatic carbocycles. The first-order valence-corrected chi connectivity index (χ1v) is 7.21. The van der Waals surface area contributed by atoms with Crippen molar-refractivity contribution in [2.75, 3.05) is 0 Å². The number of benzene rings is 2. The standard InChI is InChI=1S/C12H10O.C6H12/c13-12-8-6-11(7-9-12)10-4-2-1-3-5-10;1-2-4-6-5-3-1/h1-9,13H;1-6H2. The first-order valence-electron chi connectivity index (χ1n) is 7.21. The van der Waals surface area contributed by atoms with Gasteiger partial charge in [-0.15, -0.1) is 0 Å². The molecular formula is C18H22O. The highest BCUT2D eigenvalue weighted by Crippen LogP contribution is 2.20. The van der Waals surface area contributed by atoms with Gasteiger partial charge in [0.25, 0.3) is 0 Å². The van der Waals surface area contributed by atoms with Crippen LogP contribution in [0.4, 0.5) is 0 Å². The normalized spacial score (nSPS) is 14.3. The predicted octanol–water partition coefficient (Wildman–Crippen LogP) is 5.40. The summed E-state index contributed by atoms with van der Waals surface area (Å²) in [5.41, 5.74) is 2.29. The molecule has 0 heterocycles. The Morgan fingerprint density at radius 2 is 0.947 bits per heavy atom. The second kappa shape index (κ2) is 7.63. The highest BCUT2D eigenvalue weighted by molar-refractivity contribution is 5.63. The number of hydrogen-bond acceptors (Lipinski definition) is 1. The highest BCUT2D eigenvalue weighted by atomic mass is 16.3. The van der Waals surface area contributed by atoms with Gasteiger partial charge in [0.05, 0.1) is 0 Å². The molecule has 1 N–H and O–H groups in total. The third-order valence-electron chi connectivity index (χ3n) is 3.47. The van der Waals surface area contributed by atoms with E-state index in [-0.39, 0.29) is 0 Å². The van der Waals surface area contributed by atoms with Gasteiger partial charge in [-0.3, -0.25) is 0 Å². The molecule has 0 bridgehead atoms. The van der Waals surface area contributed by atoms with Crippen LogP contribution in [0.2, 0.25) is 0 Å². The van der Waals surface area contributed by atoms with Crippen molar-refractivity contribution in [3.8, 4) is 16.9 Å². The summed E-state index contributed by atoms with van der Waals surface area (Å²) in [7, 11) is 0. The average Bonchev–Trinajstić information content (AvgIpc) is 2.51. The number of phenolic OH excluding ortho intramolecular Hbond substituents is 1. The zero-order valence-corrected chi connectivity index (χ0v) is 11.4. The lowest BCUT2D eigenvalue weighted by Gasteiger charge is -2.05. The molecular weight excluding hydrogens is 232 g/mol. The van der Waals surface area contributed by atoms with Gasteiger partial charge in [0, 0.05) is 0 Å². The smallest absolute Gasteiger partial charge is 0.115 e. The van der Waals surface area contributed by atoms with E-state index in [1.165, 1.54) is 44.1 Å². The van der Waals surface area contributed by atoms with E-state index >= 15 is 0 Å². The molecule has 0 saturated heterocycles. The molecule has 0 aliphatic heterocycles. The fourth-order valence-electron chi connectivity index (χ4n) is 2.35. The van der Waals surface area contributed by atoms with Gasteiger partial charge >= 0.3 is 0 Å². The van der Waals surface area contributed by atoms with Crippen molar-refractivity contribution < 1.29 is 5.11 Å². The topological polar surface area (TPSA) is 20.2 Å². The van der Waals surface area contributed by atoms with Crippen LogP contribution in [-0.4, -0.2) is 5.11 Å².